The van der Waals surface area contributed by atoms with E-state index in [4.69, 9.17) is 4.74 Å². The Hall–Kier alpha value is -0.990. The maximum absolute atomic E-state index is 12.2. The van der Waals surface area contributed by atoms with Gasteiger partial charge in [0.05, 0.1) is 28.3 Å². The third-order valence-electron chi connectivity index (χ3n) is 3.80. The lowest BCUT2D eigenvalue weighted by molar-refractivity contribution is -0.128. The summed E-state index contributed by atoms with van der Waals surface area (Å²) in [6.07, 6.45) is 0.756. The van der Waals surface area contributed by atoms with Crippen LogP contribution in [0.5, 0.6) is 0 Å². The maximum atomic E-state index is 12.2. The van der Waals surface area contributed by atoms with E-state index in [1.165, 1.54) is 9.75 Å². The Bertz CT molecular complexity index is 674. The standard InChI is InChI=1S/C16H21N3O2S2.ClH/c1-10-15(17-7-8-21-10)16(20)18-6-5-12-3-4-14(23-12)13-9-22-11(2)19-13;/h3-4,9-10,15,17H,5-8H2,1-2H3,(H,18,20);1H/t10-,15+;/m1./s1. The van der Waals surface area contributed by atoms with Crippen molar-refractivity contribution in [2.45, 2.75) is 32.4 Å². The number of carbonyl (C=O) groups excluding carboxylic acids is 1. The molecule has 3 heterocycles. The highest BCUT2D eigenvalue weighted by Crippen LogP contribution is 2.29. The van der Waals surface area contributed by atoms with Crippen molar-refractivity contribution in [3.63, 3.8) is 0 Å². The van der Waals surface area contributed by atoms with Crippen LogP contribution in [0.1, 0.15) is 16.8 Å². The van der Waals surface area contributed by atoms with E-state index in [0.29, 0.717) is 13.2 Å². The average molecular weight is 388 g/mol. The van der Waals surface area contributed by atoms with Crippen molar-refractivity contribution < 1.29 is 9.53 Å². The van der Waals surface area contributed by atoms with Crippen LogP contribution in [0.15, 0.2) is 17.5 Å². The molecule has 2 N–H and O–H groups in total. The fourth-order valence-corrected chi connectivity index (χ4v) is 4.23. The van der Waals surface area contributed by atoms with Crippen molar-refractivity contribution in [2.75, 3.05) is 19.7 Å². The second-order valence-corrected chi connectivity index (χ2v) is 7.80. The van der Waals surface area contributed by atoms with E-state index in [9.17, 15) is 4.79 Å². The summed E-state index contributed by atoms with van der Waals surface area (Å²) in [5, 5.41) is 9.37. The fourth-order valence-electron chi connectivity index (χ4n) is 2.57. The Labute approximate surface area is 156 Å². The molecule has 2 aromatic rings. The predicted molar refractivity (Wildman–Crippen MR) is 101 cm³/mol. The SMILES string of the molecule is Cc1nc(-c2ccc(CCNC(=O)[C@H]3NCCO[C@@H]3C)s2)cs1.Cl. The Kier molecular flexibility index (Phi) is 7.18. The Morgan fingerprint density at radius 2 is 2.33 bits per heavy atom. The molecular weight excluding hydrogens is 366 g/mol. The first-order valence-electron chi connectivity index (χ1n) is 7.77. The summed E-state index contributed by atoms with van der Waals surface area (Å²) in [7, 11) is 0. The summed E-state index contributed by atoms with van der Waals surface area (Å²) < 4.78 is 5.50. The summed E-state index contributed by atoms with van der Waals surface area (Å²) in [5.41, 5.74) is 1.05. The molecular formula is C16H22ClN3O2S2. The molecule has 0 radical (unpaired) electrons. The smallest absolute Gasteiger partial charge is 0.239 e. The van der Waals surface area contributed by atoms with Crippen LogP contribution in [0.3, 0.4) is 0 Å². The van der Waals surface area contributed by atoms with Gasteiger partial charge in [-0.15, -0.1) is 35.1 Å². The molecule has 1 aliphatic heterocycles. The van der Waals surface area contributed by atoms with Crippen LogP contribution in [0.25, 0.3) is 10.6 Å². The molecule has 3 rings (SSSR count). The molecule has 0 bridgehead atoms. The third kappa shape index (κ3) is 4.77. The van der Waals surface area contributed by atoms with Gasteiger partial charge in [0, 0.05) is 23.3 Å². The topological polar surface area (TPSA) is 63.2 Å². The normalized spacial score (nSPS) is 20.4. The van der Waals surface area contributed by atoms with Gasteiger partial charge in [-0.25, -0.2) is 4.98 Å². The van der Waals surface area contributed by atoms with E-state index < -0.39 is 0 Å². The fraction of sp³-hybridized carbons (Fsp3) is 0.500. The van der Waals surface area contributed by atoms with Gasteiger partial charge in [0.2, 0.25) is 5.91 Å². The van der Waals surface area contributed by atoms with E-state index in [2.05, 4.69) is 33.1 Å². The van der Waals surface area contributed by atoms with Gasteiger partial charge in [-0.2, -0.15) is 0 Å². The molecule has 24 heavy (non-hydrogen) atoms. The van der Waals surface area contributed by atoms with Crippen molar-refractivity contribution in [2.24, 2.45) is 0 Å². The van der Waals surface area contributed by atoms with E-state index in [-0.39, 0.29) is 30.5 Å². The second kappa shape index (κ2) is 8.92. The Morgan fingerprint density at radius 3 is 3.04 bits per heavy atom. The van der Waals surface area contributed by atoms with Gasteiger partial charge in [-0.05, 0) is 32.4 Å². The number of amides is 1. The summed E-state index contributed by atoms with van der Waals surface area (Å²) >= 11 is 3.41. The molecule has 0 unspecified atom stereocenters. The number of nitrogens with zero attached hydrogens (tertiary/aromatic N) is 1. The van der Waals surface area contributed by atoms with E-state index >= 15 is 0 Å². The number of ether oxygens (including phenoxy) is 1. The van der Waals surface area contributed by atoms with Gasteiger partial charge in [0.25, 0.3) is 0 Å². The van der Waals surface area contributed by atoms with Gasteiger partial charge >= 0.3 is 0 Å². The van der Waals surface area contributed by atoms with Crippen molar-refractivity contribution in [1.82, 2.24) is 15.6 Å². The molecule has 5 nitrogen and oxygen atoms in total. The molecule has 0 saturated carbocycles. The zero-order valence-electron chi connectivity index (χ0n) is 13.7. The van der Waals surface area contributed by atoms with Crippen molar-refractivity contribution >= 4 is 41.0 Å². The number of thiophene rings is 1. The van der Waals surface area contributed by atoms with Crippen LogP contribution >= 0.6 is 35.1 Å². The largest absolute Gasteiger partial charge is 0.375 e. The minimum absolute atomic E-state index is 0. The number of morpholine rings is 1. The van der Waals surface area contributed by atoms with E-state index in [1.54, 1.807) is 22.7 Å². The van der Waals surface area contributed by atoms with Gasteiger partial charge in [0.1, 0.15) is 6.04 Å². The average Bonchev–Trinajstić information content (AvgIpc) is 3.16. The molecule has 1 fully saturated rings. The van der Waals surface area contributed by atoms with Crippen LogP contribution in [0.2, 0.25) is 0 Å². The van der Waals surface area contributed by atoms with Crippen LogP contribution in [-0.4, -0.2) is 42.7 Å². The number of rotatable bonds is 5. The molecule has 132 valence electrons. The molecule has 0 aromatic carbocycles. The lowest BCUT2D eigenvalue weighted by Crippen LogP contribution is -2.55. The monoisotopic (exact) mass is 387 g/mol. The van der Waals surface area contributed by atoms with Crippen molar-refractivity contribution in [1.29, 1.82) is 0 Å². The minimum Gasteiger partial charge on any atom is -0.375 e. The minimum atomic E-state index is -0.249. The van der Waals surface area contributed by atoms with Gasteiger partial charge in [-0.1, -0.05) is 0 Å². The lowest BCUT2D eigenvalue weighted by Gasteiger charge is -2.29. The number of thiazole rings is 1. The highest BCUT2D eigenvalue weighted by molar-refractivity contribution is 7.16. The van der Waals surface area contributed by atoms with Crippen LogP contribution < -0.4 is 10.6 Å². The summed E-state index contributed by atoms with van der Waals surface area (Å²) in [6, 6.07) is 3.97. The van der Waals surface area contributed by atoms with Crippen LogP contribution in [0.4, 0.5) is 0 Å². The Morgan fingerprint density at radius 1 is 1.50 bits per heavy atom. The van der Waals surface area contributed by atoms with Gasteiger partial charge < -0.3 is 15.4 Å². The number of aryl methyl sites for hydroxylation is 1. The second-order valence-electron chi connectivity index (χ2n) is 5.57. The lowest BCUT2D eigenvalue weighted by atomic mass is 10.1. The molecule has 0 aliphatic carbocycles. The zero-order chi connectivity index (χ0) is 16.2. The molecule has 1 aliphatic rings. The zero-order valence-corrected chi connectivity index (χ0v) is 16.2. The number of hydrogen-bond acceptors (Lipinski definition) is 6. The number of nitrogens with one attached hydrogen (secondary N) is 2. The number of hydrogen-bond donors (Lipinski definition) is 2. The first-order chi connectivity index (χ1) is 11.1. The van der Waals surface area contributed by atoms with Gasteiger partial charge in [-0.3, -0.25) is 4.79 Å². The quantitative estimate of drug-likeness (QED) is 0.827. The first-order valence-corrected chi connectivity index (χ1v) is 9.47. The highest BCUT2D eigenvalue weighted by atomic mass is 35.5. The van der Waals surface area contributed by atoms with Crippen molar-refractivity contribution in [3.05, 3.63) is 27.4 Å². The molecule has 2 atom stereocenters. The Balaban J connectivity index is 0.00000208. The number of halogens is 1. The predicted octanol–water partition coefficient (Wildman–Crippen LogP) is 2.64. The first kappa shape index (κ1) is 19.3. The number of aromatic nitrogens is 1. The summed E-state index contributed by atoms with van der Waals surface area (Å²) in [4.78, 5) is 19.1. The molecule has 8 heteroatoms. The van der Waals surface area contributed by atoms with E-state index in [0.717, 1.165) is 23.7 Å². The number of carbonyl (C=O) groups is 1. The van der Waals surface area contributed by atoms with E-state index in [1.807, 2.05) is 13.8 Å². The van der Waals surface area contributed by atoms with Gasteiger partial charge in [0.15, 0.2) is 0 Å². The highest BCUT2D eigenvalue weighted by Gasteiger charge is 2.27. The third-order valence-corrected chi connectivity index (χ3v) is 5.74. The van der Waals surface area contributed by atoms with Crippen molar-refractivity contribution in [3.8, 4) is 10.6 Å². The summed E-state index contributed by atoms with van der Waals surface area (Å²) in [6.45, 7) is 5.97. The molecule has 1 amide bonds. The van der Waals surface area contributed by atoms with Crippen LogP contribution in [0, 0.1) is 6.92 Å². The molecule has 1 saturated heterocycles. The summed E-state index contributed by atoms with van der Waals surface area (Å²) in [5.74, 6) is 0.0177. The maximum Gasteiger partial charge on any atom is 0.239 e. The van der Waals surface area contributed by atoms with Crippen LogP contribution in [-0.2, 0) is 16.0 Å². The molecule has 0 spiro atoms. The molecule has 2 aromatic heterocycles.